The van der Waals surface area contributed by atoms with Crippen LogP contribution in [0.5, 0.6) is 0 Å². The van der Waals surface area contributed by atoms with Crippen LogP contribution in [-0.4, -0.2) is 18.2 Å². The Labute approximate surface area is 101 Å². The predicted octanol–water partition coefficient (Wildman–Crippen LogP) is 2.27. The number of rotatable bonds is 2. The van der Waals surface area contributed by atoms with E-state index in [1.807, 2.05) is 18.5 Å². The van der Waals surface area contributed by atoms with E-state index in [2.05, 4.69) is 23.2 Å². The van der Waals surface area contributed by atoms with Crippen molar-refractivity contribution < 1.29 is 4.74 Å². The lowest BCUT2D eigenvalue weighted by molar-refractivity contribution is 0.181. The Morgan fingerprint density at radius 3 is 3.12 bits per heavy atom. The molecular weight excluding hydrogens is 212 g/mol. The zero-order chi connectivity index (χ0) is 11.7. The van der Waals surface area contributed by atoms with Crippen molar-refractivity contribution in [2.75, 3.05) is 13.2 Å². The molecule has 1 fully saturated rings. The van der Waals surface area contributed by atoms with Gasteiger partial charge in [-0.25, -0.2) is 0 Å². The van der Waals surface area contributed by atoms with Gasteiger partial charge in [0.05, 0.1) is 6.61 Å². The molecule has 1 aliphatic heterocycles. The minimum atomic E-state index is 0.0589. The Morgan fingerprint density at radius 1 is 1.35 bits per heavy atom. The second-order valence-electron chi connectivity index (χ2n) is 4.59. The second kappa shape index (κ2) is 4.43. The lowest BCUT2D eigenvalue weighted by Gasteiger charge is -2.19. The fourth-order valence-electron chi connectivity index (χ4n) is 2.53. The van der Waals surface area contributed by atoms with Gasteiger partial charge in [0.1, 0.15) is 0 Å². The average molecular weight is 228 g/mol. The lowest BCUT2D eigenvalue weighted by atomic mass is 9.90. The summed E-state index contributed by atoms with van der Waals surface area (Å²) < 4.78 is 5.42. The van der Waals surface area contributed by atoms with E-state index in [0.717, 1.165) is 25.0 Å². The van der Waals surface area contributed by atoms with E-state index in [0.29, 0.717) is 5.92 Å². The molecule has 0 spiro atoms. The van der Waals surface area contributed by atoms with Gasteiger partial charge in [0.2, 0.25) is 0 Å². The number of nitrogens with zero attached hydrogens (tertiary/aromatic N) is 1. The third-order valence-corrected chi connectivity index (χ3v) is 3.55. The van der Waals surface area contributed by atoms with Gasteiger partial charge in [-0.3, -0.25) is 4.98 Å². The first-order chi connectivity index (χ1) is 8.36. The highest BCUT2D eigenvalue weighted by Gasteiger charge is 2.24. The third-order valence-electron chi connectivity index (χ3n) is 3.55. The molecule has 17 heavy (non-hydrogen) atoms. The summed E-state index contributed by atoms with van der Waals surface area (Å²) in [6, 6.07) is 8.34. The predicted molar refractivity (Wildman–Crippen MR) is 67.6 cm³/mol. The van der Waals surface area contributed by atoms with Gasteiger partial charge in [-0.2, -0.15) is 0 Å². The molecule has 0 saturated carbocycles. The largest absolute Gasteiger partial charge is 0.381 e. The minimum absolute atomic E-state index is 0.0589. The van der Waals surface area contributed by atoms with E-state index in [9.17, 15) is 0 Å². The van der Waals surface area contributed by atoms with Crippen molar-refractivity contribution in [3.8, 4) is 0 Å². The molecule has 1 aromatic heterocycles. The van der Waals surface area contributed by atoms with Crippen molar-refractivity contribution in [2.24, 2.45) is 11.7 Å². The van der Waals surface area contributed by atoms with Crippen molar-refractivity contribution in [1.82, 2.24) is 4.98 Å². The summed E-state index contributed by atoms with van der Waals surface area (Å²) in [5.41, 5.74) is 7.57. The Bertz CT molecular complexity index is 515. The Balaban J connectivity index is 2.04. The fraction of sp³-hybridized carbons (Fsp3) is 0.357. The van der Waals surface area contributed by atoms with Gasteiger partial charge in [-0.05, 0) is 23.4 Å². The van der Waals surface area contributed by atoms with Gasteiger partial charge in [0, 0.05) is 36.3 Å². The van der Waals surface area contributed by atoms with Crippen LogP contribution in [0, 0.1) is 5.92 Å². The molecule has 0 bridgehead atoms. The fourth-order valence-corrected chi connectivity index (χ4v) is 2.53. The van der Waals surface area contributed by atoms with Crippen LogP contribution < -0.4 is 5.73 Å². The van der Waals surface area contributed by atoms with Gasteiger partial charge in [-0.1, -0.05) is 18.2 Å². The molecular formula is C14H16N2O. The highest BCUT2D eigenvalue weighted by atomic mass is 16.5. The molecule has 0 aliphatic carbocycles. The van der Waals surface area contributed by atoms with Crippen LogP contribution in [-0.2, 0) is 4.74 Å². The van der Waals surface area contributed by atoms with Crippen LogP contribution >= 0.6 is 0 Å². The third kappa shape index (κ3) is 1.92. The highest BCUT2D eigenvalue weighted by molar-refractivity contribution is 5.85. The lowest BCUT2D eigenvalue weighted by Crippen LogP contribution is -2.21. The van der Waals surface area contributed by atoms with Crippen LogP contribution in [0.1, 0.15) is 18.0 Å². The number of nitrogens with two attached hydrogens (primary N) is 1. The summed E-state index contributed by atoms with van der Waals surface area (Å²) >= 11 is 0. The number of benzene rings is 1. The number of ether oxygens (including phenoxy) is 1. The summed E-state index contributed by atoms with van der Waals surface area (Å²) in [5, 5.41) is 2.36. The van der Waals surface area contributed by atoms with Gasteiger partial charge >= 0.3 is 0 Å². The number of hydrogen-bond acceptors (Lipinski definition) is 3. The van der Waals surface area contributed by atoms with E-state index in [1.54, 1.807) is 0 Å². The number of aromatic nitrogens is 1. The molecule has 2 aromatic rings. The maximum absolute atomic E-state index is 6.37. The zero-order valence-electron chi connectivity index (χ0n) is 9.67. The standard InChI is InChI=1S/C14H16N2O/c15-14(11-5-7-17-9-11)13-3-1-2-10-8-16-6-4-12(10)13/h1-4,6,8,11,14H,5,7,9,15H2. The molecule has 2 unspecified atom stereocenters. The molecule has 2 atom stereocenters. The molecule has 2 heterocycles. The van der Waals surface area contributed by atoms with Crippen LogP contribution in [0.2, 0.25) is 0 Å². The first-order valence-corrected chi connectivity index (χ1v) is 6.02. The molecule has 2 N–H and O–H groups in total. The van der Waals surface area contributed by atoms with E-state index in [4.69, 9.17) is 10.5 Å². The first kappa shape index (κ1) is 10.7. The van der Waals surface area contributed by atoms with Crippen molar-refractivity contribution >= 4 is 10.8 Å². The normalized spacial score (nSPS) is 21.8. The van der Waals surface area contributed by atoms with Gasteiger partial charge in [0.25, 0.3) is 0 Å². The minimum Gasteiger partial charge on any atom is -0.381 e. The molecule has 3 nitrogen and oxygen atoms in total. The van der Waals surface area contributed by atoms with Crippen molar-refractivity contribution in [1.29, 1.82) is 0 Å². The van der Waals surface area contributed by atoms with E-state index in [-0.39, 0.29) is 6.04 Å². The summed E-state index contributed by atoms with van der Waals surface area (Å²) in [4.78, 5) is 4.15. The quantitative estimate of drug-likeness (QED) is 0.857. The molecule has 1 aromatic carbocycles. The maximum Gasteiger partial charge on any atom is 0.0513 e. The molecule has 0 amide bonds. The number of pyridine rings is 1. The van der Waals surface area contributed by atoms with Gasteiger partial charge < -0.3 is 10.5 Å². The Kier molecular flexibility index (Phi) is 2.79. The zero-order valence-corrected chi connectivity index (χ0v) is 9.67. The van der Waals surface area contributed by atoms with E-state index < -0.39 is 0 Å². The van der Waals surface area contributed by atoms with Gasteiger partial charge in [0.15, 0.2) is 0 Å². The molecule has 3 heteroatoms. The van der Waals surface area contributed by atoms with Crippen LogP contribution in [0.3, 0.4) is 0 Å². The Morgan fingerprint density at radius 2 is 2.29 bits per heavy atom. The monoisotopic (exact) mass is 228 g/mol. The maximum atomic E-state index is 6.37. The number of hydrogen-bond donors (Lipinski definition) is 1. The highest BCUT2D eigenvalue weighted by Crippen LogP contribution is 2.30. The topological polar surface area (TPSA) is 48.1 Å². The van der Waals surface area contributed by atoms with Crippen molar-refractivity contribution in [3.63, 3.8) is 0 Å². The molecule has 1 aliphatic rings. The summed E-state index contributed by atoms with van der Waals surface area (Å²) in [7, 11) is 0. The van der Waals surface area contributed by atoms with Gasteiger partial charge in [-0.15, -0.1) is 0 Å². The van der Waals surface area contributed by atoms with Crippen LogP contribution in [0.15, 0.2) is 36.7 Å². The Hall–Kier alpha value is -1.45. The first-order valence-electron chi connectivity index (χ1n) is 6.02. The summed E-state index contributed by atoms with van der Waals surface area (Å²) in [6.07, 6.45) is 4.77. The molecule has 3 rings (SSSR count). The SMILES string of the molecule is NC(c1cccc2cnccc12)C1CCOC1. The van der Waals surface area contributed by atoms with E-state index >= 15 is 0 Å². The molecule has 1 saturated heterocycles. The second-order valence-corrected chi connectivity index (χ2v) is 4.59. The van der Waals surface area contributed by atoms with Crippen LogP contribution in [0.25, 0.3) is 10.8 Å². The average Bonchev–Trinajstić information content (AvgIpc) is 2.91. The molecule has 0 radical (unpaired) electrons. The van der Waals surface area contributed by atoms with E-state index in [1.165, 1.54) is 10.9 Å². The smallest absolute Gasteiger partial charge is 0.0513 e. The summed E-state index contributed by atoms with van der Waals surface area (Å²) in [5.74, 6) is 0.439. The van der Waals surface area contributed by atoms with Crippen molar-refractivity contribution in [2.45, 2.75) is 12.5 Å². The van der Waals surface area contributed by atoms with Crippen LogP contribution in [0.4, 0.5) is 0 Å². The molecule has 88 valence electrons. The summed E-state index contributed by atoms with van der Waals surface area (Å²) in [6.45, 7) is 1.62. The number of fused-ring (bicyclic) bond motifs is 1. The van der Waals surface area contributed by atoms with Crippen molar-refractivity contribution in [3.05, 3.63) is 42.2 Å².